The molecule has 6 heteroatoms. The SMILES string of the molecule is CCN(Cc1ccco1)C(=O)NCC(c1ccsc1)N(C)C. The van der Waals surface area contributed by atoms with E-state index in [2.05, 4.69) is 27.0 Å². The highest BCUT2D eigenvalue weighted by Gasteiger charge is 2.18. The van der Waals surface area contributed by atoms with Gasteiger partial charge in [-0.05, 0) is 55.5 Å². The first-order valence-corrected chi connectivity index (χ1v) is 8.29. The van der Waals surface area contributed by atoms with Gasteiger partial charge in [-0.3, -0.25) is 0 Å². The number of thiophene rings is 1. The Morgan fingerprint density at radius 3 is 2.77 bits per heavy atom. The maximum Gasteiger partial charge on any atom is 0.317 e. The fourth-order valence-corrected chi connectivity index (χ4v) is 2.98. The fraction of sp³-hybridized carbons (Fsp3) is 0.438. The first-order chi connectivity index (χ1) is 10.6. The van der Waals surface area contributed by atoms with E-state index in [4.69, 9.17) is 4.42 Å². The minimum atomic E-state index is -0.0685. The van der Waals surface area contributed by atoms with Gasteiger partial charge in [-0.25, -0.2) is 4.79 Å². The van der Waals surface area contributed by atoms with Crippen LogP contribution in [0.5, 0.6) is 0 Å². The number of hydrogen-bond donors (Lipinski definition) is 1. The van der Waals surface area contributed by atoms with E-state index < -0.39 is 0 Å². The van der Waals surface area contributed by atoms with Crippen LogP contribution in [0.2, 0.25) is 0 Å². The smallest absolute Gasteiger partial charge is 0.317 e. The number of hydrogen-bond acceptors (Lipinski definition) is 4. The van der Waals surface area contributed by atoms with Crippen molar-refractivity contribution in [1.29, 1.82) is 0 Å². The third-order valence-corrected chi connectivity index (χ3v) is 4.30. The van der Waals surface area contributed by atoms with Crippen molar-refractivity contribution in [3.05, 3.63) is 46.5 Å². The molecule has 2 aromatic rings. The first-order valence-electron chi connectivity index (χ1n) is 7.35. The molecule has 0 aromatic carbocycles. The lowest BCUT2D eigenvalue weighted by Gasteiger charge is -2.26. The van der Waals surface area contributed by atoms with E-state index in [0.29, 0.717) is 19.6 Å². The van der Waals surface area contributed by atoms with Gasteiger partial charge >= 0.3 is 6.03 Å². The zero-order valence-electron chi connectivity index (χ0n) is 13.3. The molecule has 0 spiro atoms. The number of nitrogens with one attached hydrogen (secondary N) is 1. The summed E-state index contributed by atoms with van der Waals surface area (Å²) in [6.45, 7) is 3.67. The molecule has 0 aliphatic heterocycles. The molecule has 0 aliphatic carbocycles. The van der Waals surface area contributed by atoms with E-state index in [1.54, 1.807) is 22.5 Å². The van der Waals surface area contributed by atoms with E-state index in [0.717, 1.165) is 5.76 Å². The second-order valence-corrected chi connectivity index (χ2v) is 6.10. The zero-order valence-corrected chi connectivity index (χ0v) is 14.1. The summed E-state index contributed by atoms with van der Waals surface area (Å²) < 4.78 is 5.31. The lowest BCUT2D eigenvalue weighted by Crippen LogP contribution is -2.42. The number of furan rings is 1. The molecule has 120 valence electrons. The lowest BCUT2D eigenvalue weighted by atomic mass is 10.1. The topological polar surface area (TPSA) is 48.7 Å². The third-order valence-electron chi connectivity index (χ3n) is 3.59. The van der Waals surface area contributed by atoms with Gasteiger partial charge in [0, 0.05) is 13.1 Å². The molecule has 1 atom stereocenters. The van der Waals surface area contributed by atoms with Crippen molar-refractivity contribution in [2.75, 3.05) is 27.2 Å². The highest BCUT2D eigenvalue weighted by Crippen LogP contribution is 2.20. The molecule has 22 heavy (non-hydrogen) atoms. The van der Waals surface area contributed by atoms with Gasteiger partial charge in [-0.15, -0.1) is 0 Å². The number of nitrogens with zero attached hydrogens (tertiary/aromatic N) is 2. The van der Waals surface area contributed by atoms with Crippen LogP contribution >= 0.6 is 11.3 Å². The van der Waals surface area contributed by atoms with Crippen molar-refractivity contribution in [3.8, 4) is 0 Å². The Hall–Kier alpha value is -1.79. The van der Waals surface area contributed by atoms with E-state index in [1.165, 1.54) is 5.56 Å². The van der Waals surface area contributed by atoms with E-state index in [9.17, 15) is 4.79 Å². The van der Waals surface area contributed by atoms with Gasteiger partial charge in [0.05, 0.1) is 18.8 Å². The standard InChI is InChI=1S/C16H23N3O2S/c1-4-19(11-14-6-5-8-21-14)16(20)17-10-15(18(2)3)13-7-9-22-12-13/h5-9,12,15H,4,10-11H2,1-3H3,(H,17,20). The number of amides is 2. The molecule has 2 amide bonds. The van der Waals surface area contributed by atoms with Crippen molar-refractivity contribution in [2.45, 2.75) is 19.5 Å². The number of urea groups is 1. The van der Waals surface area contributed by atoms with Crippen LogP contribution in [-0.2, 0) is 6.54 Å². The van der Waals surface area contributed by atoms with E-state index >= 15 is 0 Å². The largest absolute Gasteiger partial charge is 0.467 e. The Bertz CT molecular complexity index is 552. The van der Waals surface area contributed by atoms with Crippen molar-refractivity contribution >= 4 is 17.4 Å². The minimum Gasteiger partial charge on any atom is -0.467 e. The number of rotatable bonds is 7. The molecule has 5 nitrogen and oxygen atoms in total. The molecule has 2 rings (SSSR count). The van der Waals surface area contributed by atoms with Gasteiger partial charge in [0.15, 0.2) is 0 Å². The Morgan fingerprint density at radius 2 is 2.23 bits per heavy atom. The van der Waals surface area contributed by atoms with Crippen molar-refractivity contribution in [2.24, 2.45) is 0 Å². The molecule has 0 bridgehead atoms. The van der Waals surface area contributed by atoms with Crippen molar-refractivity contribution in [3.63, 3.8) is 0 Å². The average molecular weight is 321 g/mol. The van der Waals surface area contributed by atoms with Gasteiger partial charge in [-0.2, -0.15) is 11.3 Å². The summed E-state index contributed by atoms with van der Waals surface area (Å²) in [5.74, 6) is 0.791. The molecule has 1 N–H and O–H groups in total. The lowest BCUT2D eigenvalue weighted by molar-refractivity contribution is 0.188. The van der Waals surface area contributed by atoms with Crippen LogP contribution in [0.1, 0.15) is 24.3 Å². The predicted octanol–water partition coefficient (Wildman–Crippen LogP) is 3.18. The van der Waals surface area contributed by atoms with Crippen LogP contribution < -0.4 is 5.32 Å². The summed E-state index contributed by atoms with van der Waals surface area (Å²) in [6, 6.07) is 5.92. The molecule has 0 saturated heterocycles. The molecule has 1 unspecified atom stereocenters. The average Bonchev–Trinajstić information content (AvgIpc) is 3.18. The van der Waals surface area contributed by atoms with E-state index in [-0.39, 0.29) is 12.1 Å². The Morgan fingerprint density at radius 1 is 1.41 bits per heavy atom. The van der Waals surface area contributed by atoms with Crippen LogP contribution in [0, 0.1) is 0 Å². The van der Waals surface area contributed by atoms with Crippen LogP contribution in [0.3, 0.4) is 0 Å². The normalized spacial score (nSPS) is 12.4. The van der Waals surface area contributed by atoms with Gasteiger partial charge in [0.25, 0.3) is 0 Å². The highest BCUT2D eigenvalue weighted by molar-refractivity contribution is 7.07. The summed E-state index contributed by atoms with van der Waals surface area (Å²) >= 11 is 1.67. The maximum atomic E-state index is 12.4. The monoisotopic (exact) mass is 321 g/mol. The molecule has 2 aromatic heterocycles. The predicted molar refractivity (Wildman–Crippen MR) is 88.9 cm³/mol. The van der Waals surface area contributed by atoms with Gasteiger partial charge < -0.3 is 19.5 Å². The molecule has 0 radical (unpaired) electrons. The number of carbonyl (C=O) groups excluding carboxylic acids is 1. The van der Waals surface area contributed by atoms with E-state index in [1.807, 2.05) is 33.2 Å². The second kappa shape index (κ2) is 8.00. The maximum absolute atomic E-state index is 12.4. The Kier molecular flexibility index (Phi) is 6.03. The molecule has 2 heterocycles. The first kappa shape index (κ1) is 16.6. The third kappa shape index (κ3) is 4.35. The summed E-state index contributed by atoms with van der Waals surface area (Å²) in [6.07, 6.45) is 1.62. The Labute approximate surface area is 135 Å². The van der Waals surface area contributed by atoms with Crippen LogP contribution in [-0.4, -0.2) is 43.0 Å². The molecular weight excluding hydrogens is 298 g/mol. The van der Waals surface area contributed by atoms with Crippen LogP contribution in [0.4, 0.5) is 4.79 Å². The molecular formula is C16H23N3O2S. The van der Waals surface area contributed by atoms with Crippen LogP contribution in [0.15, 0.2) is 39.6 Å². The van der Waals surface area contributed by atoms with Crippen LogP contribution in [0.25, 0.3) is 0 Å². The highest BCUT2D eigenvalue weighted by atomic mass is 32.1. The summed E-state index contributed by atoms with van der Waals surface area (Å²) in [4.78, 5) is 16.2. The van der Waals surface area contributed by atoms with Gasteiger partial charge in [0.2, 0.25) is 0 Å². The quantitative estimate of drug-likeness (QED) is 0.852. The fourth-order valence-electron chi connectivity index (χ4n) is 2.28. The summed E-state index contributed by atoms with van der Waals surface area (Å²) in [5, 5.41) is 7.20. The second-order valence-electron chi connectivity index (χ2n) is 5.32. The van der Waals surface area contributed by atoms with Crippen molar-refractivity contribution < 1.29 is 9.21 Å². The number of likely N-dealkylation sites (N-methyl/N-ethyl adjacent to an activating group) is 1. The molecule has 0 aliphatic rings. The molecule has 0 saturated carbocycles. The van der Waals surface area contributed by atoms with Gasteiger partial charge in [-0.1, -0.05) is 0 Å². The minimum absolute atomic E-state index is 0.0685. The van der Waals surface area contributed by atoms with Crippen molar-refractivity contribution in [1.82, 2.24) is 15.1 Å². The zero-order chi connectivity index (χ0) is 15.9. The van der Waals surface area contributed by atoms with Gasteiger partial charge in [0.1, 0.15) is 5.76 Å². The Balaban J connectivity index is 1.92. The molecule has 0 fully saturated rings. The number of carbonyl (C=O) groups is 1. The summed E-state index contributed by atoms with van der Waals surface area (Å²) in [5.41, 5.74) is 1.23. The summed E-state index contributed by atoms with van der Waals surface area (Å²) in [7, 11) is 4.05.